The second kappa shape index (κ2) is 5.62. The van der Waals surface area contributed by atoms with Gasteiger partial charge in [-0.25, -0.2) is 0 Å². The van der Waals surface area contributed by atoms with Crippen LogP contribution in [0.2, 0.25) is 0 Å². The van der Waals surface area contributed by atoms with Crippen molar-refractivity contribution in [1.82, 2.24) is 0 Å². The maximum absolute atomic E-state index is 6.27. The number of hydrogen-bond donors (Lipinski definition) is 0. The molecule has 0 aromatic heterocycles. The highest BCUT2D eigenvalue weighted by Gasteiger charge is 2.43. The van der Waals surface area contributed by atoms with Crippen LogP contribution >= 0.6 is 11.1 Å². The van der Waals surface area contributed by atoms with E-state index in [9.17, 15) is 0 Å². The van der Waals surface area contributed by atoms with Gasteiger partial charge in [0.15, 0.2) is 11.6 Å². The lowest BCUT2D eigenvalue weighted by molar-refractivity contribution is -0.185. The van der Waals surface area contributed by atoms with E-state index in [1.54, 1.807) is 27.7 Å². The summed E-state index contributed by atoms with van der Waals surface area (Å²) < 4.78 is 21.5. The number of ether oxygens (including phenoxy) is 2. The first-order valence-corrected chi connectivity index (χ1v) is 7.83. The Labute approximate surface area is 103 Å². The third kappa shape index (κ3) is 5.43. The Kier molecular flexibility index (Phi) is 5.65. The van der Waals surface area contributed by atoms with E-state index in [-0.39, 0.29) is 0 Å². The van der Waals surface area contributed by atoms with Crippen LogP contribution in [0, 0.1) is 0 Å². The minimum absolute atomic E-state index is 0.827. The fraction of sp³-hybridized carbons (Fsp3) is 0.800. The monoisotopic (exact) mass is 268 g/mol. The molecule has 0 atom stereocenters. The lowest BCUT2D eigenvalue weighted by Crippen LogP contribution is -2.49. The highest BCUT2D eigenvalue weighted by Crippen LogP contribution is 2.28. The highest BCUT2D eigenvalue weighted by atomic mass is 35.6. The second-order valence-corrected chi connectivity index (χ2v) is 7.76. The summed E-state index contributed by atoms with van der Waals surface area (Å²) in [5, 5.41) is 0. The Balaban J connectivity index is 4.73. The van der Waals surface area contributed by atoms with Crippen molar-refractivity contribution in [3.63, 3.8) is 0 Å². The largest absolute Gasteiger partial charge is 0.474 e. The normalized spacial score (nSPS) is 13.9. The fourth-order valence-electron chi connectivity index (χ4n) is 0.858. The molecule has 0 bridgehead atoms. The number of hydrogen-bond acceptors (Lipinski definition) is 4. The average Bonchev–Trinajstić information content (AvgIpc) is 2.16. The molecule has 0 amide bonds. The van der Waals surface area contributed by atoms with E-state index in [0.717, 1.165) is 0 Å². The van der Waals surface area contributed by atoms with E-state index in [2.05, 4.69) is 6.58 Å². The number of halogens is 1. The first kappa shape index (κ1) is 16.1. The molecule has 0 aliphatic carbocycles. The van der Waals surface area contributed by atoms with Gasteiger partial charge in [0, 0.05) is 14.2 Å². The van der Waals surface area contributed by atoms with Gasteiger partial charge in [0.25, 0.3) is 0 Å². The molecule has 0 heterocycles. The maximum Gasteiger partial charge on any atom is 0.474 e. The van der Waals surface area contributed by atoms with Crippen molar-refractivity contribution < 1.29 is 18.3 Å². The van der Waals surface area contributed by atoms with Gasteiger partial charge in [-0.3, -0.25) is 0 Å². The Morgan fingerprint density at radius 1 is 1.00 bits per heavy atom. The average molecular weight is 269 g/mol. The molecule has 0 aliphatic rings. The third-order valence-electron chi connectivity index (χ3n) is 2.00. The number of rotatable bonds is 7. The van der Waals surface area contributed by atoms with E-state index in [1.165, 1.54) is 19.9 Å². The molecule has 0 saturated heterocycles. The standard InChI is InChI=1S/C10H21ClO4Si/c1-8-16(11,14-9(2,3)12-6)15-10(4,5)13-7/h8H,1H2,2-7H3. The van der Waals surface area contributed by atoms with E-state index in [1.807, 2.05) is 0 Å². The Bertz CT molecular complexity index is 225. The minimum Gasteiger partial charge on any atom is -0.355 e. The van der Waals surface area contributed by atoms with Gasteiger partial charge in [0.05, 0.1) is 0 Å². The van der Waals surface area contributed by atoms with Gasteiger partial charge in [0.1, 0.15) is 0 Å². The van der Waals surface area contributed by atoms with Gasteiger partial charge in [0.2, 0.25) is 0 Å². The summed E-state index contributed by atoms with van der Waals surface area (Å²) in [5.41, 5.74) is 1.48. The zero-order valence-electron chi connectivity index (χ0n) is 10.8. The van der Waals surface area contributed by atoms with Crippen molar-refractivity contribution in [2.45, 2.75) is 39.3 Å². The van der Waals surface area contributed by atoms with E-state index in [0.29, 0.717) is 0 Å². The van der Waals surface area contributed by atoms with Crippen LogP contribution in [-0.4, -0.2) is 33.7 Å². The van der Waals surface area contributed by atoms with Gasteiger partial charge in [-0.1, -0.05) is 11.1 Å². The molecule has 0 aromatic rings. The molecule has 4 nitrogen and oxygen atoms in total. The van der Waals surface area contributed by atoms with Crippen molar-refractivity contribution in [2.75, 3.05) is 14.2 Å². The summed E-state index contributed by atoms with van der Waals surface area (Å²) in [6, 6.07) is 0. The molecule has 0 N–H and O–H groups in total. The van der Waals surface area contributed by atoms with E-state index in [4.69, 9.17) is 29.4 Å². The van der Waals surface area contributed by atoms with Crippen molar-refractivity contribution >= 4 is 18.9 Å². The van der Waals surface area contributed by atoms with Crippen molar-refractivity contribution in [1.29, 1.82) is 0 Å². The minimum atomic E-state index is -3.05. The van der Waals surface area contributed by atoms with Crippen LogP contribution in [0.3, 0.4) is 0 Å². The van der Waals surface area contributed by atoms with Crippen LogP contribution in [0.25, 0.3) is 0 Å². The summed E-state index contributed by atoms with van der Waals surface area (Å²) in [5.74, 6) is -1.65. The predicted octanol–water partition coefficient (Wildman–Crippen LogP) is 2.69. The zero-order chi connectivity index (χ0) is 13.0. The van der Waals surface area contributed by atoms with Crippen LogP contribution in [0.5, 0.6) is 0 Å². The molecule has 0 spiro atoms. The van der Waals surface area contributed by atoms with E-state index < -0.39 is 19.4 Å². The first-order chi connectivity index (χ1) is 7.10. The molecule has 6 heteroatoms. The van der Waals surface area contributed by atoms with Crippen LogP contribution in [0.15, 0.2) is 12.3 Å². The summed E-state index contributed by atoms with van der Waals surface area (Å²) >= 11 is 6.27. The zero-order valence-corrected chi connectivity index (χ0v) is 12.6. The fourth-order valence-corrected chi connectivity index (χ4v) is 3.69. The SMILES string of the molecule is C=C[Si](Cl)(OC(C)(C)OC)OC(C)(C)OC. The summed E-state index contributed by atoms with van der Waals surface area (Å²) in [7, 11) is 0.0259. The van der Waals surface area contributed by atoms with Gasteiger partial charge < -0.3 is 18.3 Å². The summed E-state index contributed by atoms with van der Waals surface area (Å²) in [6.45, 7) is 10.7. The molecule has 96 valence electrons. The van der Waals surface area contributed by atoms with Crippen molar-refractivity contribution in [3.8, 4) is 0 Å². The van der Waals surface area contributed by atoms with Crippen molar-refractivity contribution in [3.05, 3.63) is 12.3 Å². The van der Waals surface area contributed by atoms with Gasteiger partial charge in [-0.05, 0) is 33.4 Å². The lowest BCUT2D eigenvalue weighted by Gasteiger charge is -2.36. The molecule has 16 heavy (non-hydrogen) atoms. The molecule has 0 radical (unpaired) electrons. The molecule has 0 saturated carbocycles. The molecule has 0 aromatic carbocycles. The summed E-state index contributed by atoms with van der Waals surface area (Å²) in [4.78, 5) is 0. The van der Waals surface area contributed by atoms with Crippen LogP contribution in [0.4, 0.5) is 0 Å². The molecule has 0 rings (SSSR count). The van der Waals surface area contributed by atoms with Crippen LogP contribution < -0.4 is 0 Å². The van der Waals surface area contributed by atoms with Gasteiger partial charge in [-0.15, -0.1) is 6.58 Å². The maximum atomic E-state index is 6.27. The van der Waals surface area contributed by atoms with Crippen LogP contribution in [-0.2, 0) is 18.3 Å². The van der Waals surface area contributed by atoms with Crippen molar-refractivity contribution in [2.24, 2.45) is 0 Å². The van der Waals surface area contributed by atoms with Gasteiger partial charge in [-0.2, -0.15) is 0 Å². The number of methoxy groups -OCH3 is 2. The van der Waals surface area contributed by atoms with Gasteiger partial charge >= 0.3 is 7.87 Å². The highest BCUT2D eigenvalue weighted by molar-refractivity contribution is 7.15. The smallest absolute Gasteiger partial charge is 0.355 e. The predicted molar refractivity (Wildman–Crippen MR) is 66.2 cm³/mol. The third-order valence-corrected chi connectivity index (χ3v) is 4.95. The second-order valence-electron chi connectivity index (χ2n) is 4.20. The Morgan fingerprint density at radius 2 is 1.31 bits per heavy atom. The molecule has 0 fully saturated rings. The molecule has 0 unspecified atom stereocenters. The van der Waals surface area contributed by atoms with Crippen LogP contribution in [0.1, 0.15) is 27.7 Å². The Hall–Kier alpha value is 0.0869. The topological polar surface area (TPSA) is 36.9 Å². The lowest BCUT2D eigenvalue weighted by atomic mass is 10.4. The molecular formula is C10H21ClO4Si. The molecular weight excluding hydrogens is 248 g/mol. The Morgan fingerprint density at radius 3 is 1.50 bits per heavy atom. The first-order valence-electron chi connectivity index (χ1n) is 4.93. The van der Waals surface area contributed by atoms with E-state index >= 15 is 0 Å². The quantitative estimate of drug-likeness (QED) is 0.404. The summed E-state index contributed by atoms with van der Waals surface area (Å²) in [6.07, 6.45) is 0. The molecule has 0 aliphatic heterocycles.